The number of aromatic amines is 1. The second kappa shape index (κ2) is 5.90. The van der Waals surface area contributed by atoms with Crippen LogP contribution >= 0.6 is 0 Å². The van der Waals surface area contributed by atoms with Crippen molar-refractivity contribution in [2.24, 2.45) is 0 Å². The smallest absolute Gasteiger partial charge is 0.216 e. The van der Waals surface area contributed by atoms with Crippen LogP contribution in [0.4, 0.5) is 0 Å². The Morgan fingerprint density at radius 3 is 3.00 bits per heavy atom. The molecule has 1 fully saturated rings. The summed E-state index contributed by atoms with van der Waals surface area (Å²) < 4.78 is 0. The summed E-state index contributed by atoms with van der Waals surface area (Å²) in [5.74, 6) is 0.373. The number of likely N-dealkylation sites (tertiary alicyclic amines) is 1. The van der Waals surface area contributed by atoms with Gasteiger partial charge in [0.1, 0.15) is 0 Å². The predicted octanol–water partition coefficient (Wildman–Crippen LogP) is 2.48. The summed E-state index contributed by atoms with van der Waals surface area (Å²) in [5, 5.41) is 4.29. The largest absolute Gasteiger partial charge is 0.361 e. The normalized spacial score (nSPS) is 20.8. The Labute approximate surface area is 125 Å². The SMILES string of the molecule is CC(=O)NCC(c1c[nH]c2ccccc12)C1CCCN1C. The zero-order chi connectivity index (χ0) is 14.8. The van der Waals surface area contributed by atoms with Crippen molar-refractivity contribution < 1.29 is 4.79 Å². The zero-order valence-corrected chi connectivity index (χ0v) is 12.7. The van der Waals surface area contributed by atoms with Crippen LogP contribution in [0.25, 0.3) is 10.9 Å². The van der Waals surface area contributed by atoms with Crippen LogP contribution < -0.4 is 5.32 Å². The summed E-state index contributed by atoms with van der Waals surface area (Å²) >= 11 is 0. The molecule has 3 rings (SSSR count). The quantitative estimate of drug-likeness (QED) is 0.906. The summed E-state index contributed by atoms with van der Waals surface area (Å²) in [6, 6.07) is 8.89. The van der Waals surface area contributed by atoms with E-state index in [0.29, 0.717) is 18.5 Å². The van der Waals surface area contributed by atoms with Crippen LogP contribution in [0, 0.1) is 0 Å². The van der Waals surface area contributed by atoms with Gasteiger partial charge in [0.2, 0.25) is 5.91 Å². The number of aromatic nitrogens is 1. The number of hydrogen-bond acceptors (Lipinski definition) is 2. The van der Waals surface area contributed by atoms with Gasteiger partial charge in [0, 0.05) is 42.5 Å². The number of carbonyl (C=O) groups is 1. The molecule has 0 bridgehead atoms. The molecule has 21 heavy (non-hydrogen) atoms. The first-order chi connectivity index (χ1) is 10.2. The number of benzene rings is 1. The highest BCUT2D eigenvalue weighted by Gasteiger charge is 2.31. The predicted molar refractivity (Wildman–Crippen MR) is 85.4 cm³/mol. The van der Waals surface area contributed by atoms with Gasteiger partial charge in [-0.05, 0) is 38.1 Å². The molecule has 2 aromatic rings. The first-order valence-corrected chi connectivity index (χ1v) is 7.67. The van der Waals surface area contributed by atoms with Gasteiger partial charge in [0.15, 0.2) is 0 Å². The maximum absolute atomic E-state index is 11.3. The van der Waals surface area contributed by atoms with Crippen molar-refractivity contribution in [3.8, 4) is 0 Å². The molecule has 4 nitrogen and oxygen atoms in total. The van der Waals surface area contributed by atoms with E-state index in [1.54, 1.807) is 6.92 Å². The van der Waals surface area contributed by atoms with E-state index in [1.807, 2.05) is 6.07 Å². The number of amides is 1. The summed E-state index contributed by atoms with van der Waals surface area (Å²) in [4.78, 5) is 17.1. The van der Waals surface area contributed by atoms with Gasteiger partial charge in [-0.15, -0.1) is 0 Å². The molecule has 1 aliphatic heterocycles. The minimum Gasteiger partial charge on any atom is -0.361 e. The molecule has 1 aliphatic rings. The molecule has 0 aliphatic carbocycles. The molecule has 2 atom stereocenters. The van der Waals surface area contributed by atoms with Gasteiger partial charge in [-0.1, -0.05) is 18.2 Å². The van der Waals surface area contributed by atoms with E-state index in [-0.39, 0.29) is 5.91 Å². The van der Waals surface area contributed by atoms with E-state index < -0.39 is 0 Å². The lowest BCUT2D eigenvalue weighted by atomic mass is 9.89. The number of fused-ring (bicyclic) bond motifs is 1. The van der Waals surface area contributed by atoms with E-state index in [9.17, 15) is 4.79 Å². The van der Waals surface area contributed by atoms with Crippen molar-refractivity contribution in [3.05, 3.63) is 36.0 Å². The van der Waals surface area contributed by atoms with Crippen LogP contribution in [0.3, 0.4) is 0 Å². The number of nitrogens with zero attached hydrogens (tertiary/aromatic N) is 1. The maximum atomic E-state index is 11.3. The van der Waals surface area contributed by atoms with Crippen molar-refractivity contribution in [3.63, 3.8) is 0 Å². The third-order valence-corrected chi connectivity index (χ3v) is 4.63. The number of para-hydroxylation sites is 1. The minimum absolute atomic E-state index is 0.0421. The van der Waals surface area contributed by atoms with E-state index in [4.69, 9.17) is 0 Å². The number of likely N-dealkylation sites (N-methyl/N-ethyl adjacent to an activating group) is 1. The van der Waals surface area contributed by atoms with Gasteiger partial charge in [-0.25, -0.2) is 0 Å². The Kier molecular flexibility index (Phi) is 3.97. The third-order valence-electron chi connectivity index (χ3n) is 4.63. The molecular weight excluding hydrogens is 262 g/mol. The van der Waals surface area contributed by atoms with Crippen molar-refractivity contribution in [2.75, 3.05) is 20.1 Å². The Balaban J connectivity index is 1.95. The molecule has 1 aromatic heterocycles. The molecule has 0 radical (unpaired) electrons. The minimum atomic E-state index is 0.0421. The summed E-state index contributed by atoms with van der Waals surface area (Å²) in [5.41, 5.74) is 2.49. The fraction of sp³-hybridized carbons (Fsp3) is 0.471. The van der Waals surface area contributed by atoms with Gasteiger partial charge in [-0.2, -0.15) is 0 Å². The van der Waals surface area contributed by atoms with Crippen molar-refractivity contribution in [1.29, 1.82) is 0 Å². The zero-order valence-electron chi connectivity index (χ0n) is 12.7. The number of hydrogen-bond donors (Lipinski definition) is 2. The first-order valence-electron chi connectivity index (χ1n) is 7.67. The van der Waals surface area contributed by atoms with Crippen LogP contribution in [0.2, 0.25) is 0 Å². The average Bonchev–Trinajstić information content (AvgIpc) is 3.07. The lowest BCUT2D eigenvalue weighted by Crippen LogP contribution is -2.38. The fourth-order valence-electron chi connectivity index (χ4n) is 3.55. The molecule has 0 saturated carbocycles. The van der Waals surface area contributed by atoms with Gasteiger partial charge < -0.3 is 15.2 Å². The van der Waals surface area contributed by atoms with E-state index in [1.165, 1.54) is 29.3 Å². The molecule has 112 valence electrons. The lowest BCUT2D eigenvalue weighted by Gasteiger charge is -2.29. The van der Waals surface area contributed by atoms with Crippen molar-refractivity contribution in [2.45, 2.75) is 31.7 Å². The number of nitrogens with one attached hydrogen (secondary N) is 2. The molecule has 1 aromatic carbocycles. The molecule has 4 heteroatoms. The molecular formula is C17H23N3O. The summed E-state index contributed by atoms with van der Waals surface area (Å²) in [6.07, 6.45) is 4.55. The van der Waals surface area contributed by atoms with Gasteiger partial charge in [-0.3, -0.25) is 4.79 Å². The molecule has 2 unspecified atom stereocenters. The van der Waals surface area contributed by atoms with Crippen LogP contribution in [0.5, 0.6) is 0 Å². The first kappa shape index (κ1) is 14.1. The van der Waals surface area contributed by atoms with Crippen LogP contribution in [0.15, 0.2) is 30.5 Å². The van der Waals surface area contributed by atoms with Crippen LogP contribution in [-0.2, 0) is 4.79 Å². The number of H-pyrrole nitrogens is 1. The maximum Gasteiger partial charge on any atom is 0.216 e. The highest BCUT2D eigenvalue weighted by molar-refractivity contribution is 5.84. The Morgan fingerprint density at radius 2 is 2.29 bits per heavy atom. The fourth-order valence-corrected chi connectivity index (χ4v) is 3.55. The molecule has 2 heterocycles. The van der Waals surface area contributed by atoms with Gasteiger partial charge in [0.05, 0.1) is 0 Å². The lowest BCUT2D eigenvalue weighted by molar-refractivity contribution is -0.119. The van der Waals surface area contributed by atoms with Gasteiger partial charge >= 0.3 is 0 Å². The Bertz CT molecular complexity index is 634. The summed E-state index contributed by atoms with van der Waals surface area (Å²) in [6.45, 7) is 3.43. The van der Waals surface area contributed by atoms with Gasteiger partial charge in [0.25, 0.3) is 0 Å². The molecule has 1 amide bonds. The van der Waals surface area contributed by atoms with Crippen LogP contribution in [-0.4, -0.2) is 42.0 Å². The van der Waals surface area contributed by atoms with E-state index in [2.05, 4.69) is 46.6 Å². The topological polar surface area (TPSA) is 48.1 Å². The van der Waals surface area contributed by atoms with Crippen molar-refractivity contribution in [1.82, 2.24) is 15.2 Å². The Morgan fingerprint density at radius 1 is 1.48 bits per heavy atom. The standard InChI is InChI=1S/C17H23N3O/c1-12(21)18-11-15(17-8-5-9-20(17)2)14-10-19-16-7-4-3-6-13(14)16/h3-4,6-7,10,15,17,19H,5,8-9,11H2,1-2H3,(H,18,21). The van der Waals surface area contributed by atoms with Crippen molar-refractivity contribution >= 4 is 16.8 Å². The second-order valence-corrected chi connectivity index (χ2v) is 6.02. The molecule has 1 saturated heterocycles. The molecule has 0 spiro atoms. The highest BCUT2D eigenvalue weighted by Crippen LogP contribution is 2.33. The van der Waals surface area contributed by atoms with Crippen LogP contribution in [0.1, 0.15) is 31.2 Å². The Hall–Kier alpha value is -1.81. The monoisotopic (exact) mass is 285 g/mol. The third kappa shape index (κ3) is 2.81. The number of rotatable bonds is 4. The molecule has 2 N–H and O–H groups in total. The van der Waals surface area contributed by atoms with E-state index in [0.717, 1.165) is 6.54 Å². The average molecular weight is 285 g/mol. The summed E-state index contributed by atoms with van der Waals surface area (Å²) in [7, 11) is 2.19. The highest BCUT2D eigenvalue weighted by atomic mass is 16.1. The second-order valence-electron chi connectivity index (χ2n) is 6.02. The number of carbonyl (C=O) groups excluding carboxylic acids is 1. The van der Waals surface area contributed by atoms with E-state index >= 15 is 0 Å².